The van der Waals surface area contributed by atoms with Crippen LogP contribution in [0.4, 0.5) is 0 Å². The molecule has 124 valence electrons. The van der Waals surface area contributed by atoms with Crippen LogP contribution in [-0.4, -0.2) is 42.9 Å². The van der Waals surface area contributed by atoms with Crippen molar-refractivity contribution in [2.24, 2.45) is 11.7 Å². The fourth-order valence-corrected chi connectivity index (χ4v) is 2.71. The van der Waals surface area contributed by atoms with E-state index in [0.717, 1.165) is 24.2 Å². The number of nitrogens with one attached hydrogen (secondary N) is 1. The van der Waals surface area contributed by atoms with Crippen molar-refractivity contribution in [1.82, 2.24) is 10.2 Å². The van der Waals surface area contributed by atoms with Crippen molar-refractivity contribution in [1.29, 1.82) is 0 Å². The Morgan fingerprint density at radius 3 is 2.77 bits per heavy atom. The summed E-state index contributed by atoms with van der Waals surface area (Å²) in [6.07, 6.45) is 1.63. The number of piperidine rings is 1. The van der Waals surface area contributed by atoms with Gasteiger partial charge in [0.25, 0.3) is 5.91 Å². The highest BCUT2D eigenvalue weighted by Crippen LogP contribution is 2.21. The second-order valence-electron chi connectivity index (χ2n) is 5.54. The summed E-state index contributed by atoms with van der Waals surface area (Å²) in [5.74, 6) is 0.799. The summed E-state index contributed by atoms with van der Waals surface area (Å²) in [4.78, 5) is 26.2. The van der Waals surface area contributed by atoms with Crippen LogP contribution < -0.4 is 11.1 Å². The van der Waals surface area contributed by atoms with E-state index in [1.54, 1.807) is 4.90 Å². The molecule has 3 N–H and O–H groups in total. The standard InChI is InChI=1S/C15H23N3O3.ClH/c1-10-8-11(2)21-13(10)15(20)18-7-3-4-12(9-18)14(19)17-6-5-16;/h8,12H,3-7,9,16H2,1-2H3,(H,17,19);1H. The van der Waals surface area contributed by atoms with Crippen molar-refractivity contribution >= 4 is 24.2 Å². The number of carbonyl (C=O) groups excluding carboxylic acids is 2. The highest BCUT2D eigenvalue weighted by atomic mass is 35.5. The molecular weight excluding hydrogens is 306 g/mol. The average molecular weight is 330 g/mol. The quantitative estimate of drug-likeness (QED) is 0.870. The molecule has 2 heterocycles. The third-order valence-corrected chi connectivity index (χ3v) is 3.76. The number of nitrogens with zero attached hydrogens (tertiary/aromatic N) is 1. The van der Waals surface area contributed by atoms with Crippen LogP contribution in [0.25, 0.3) is 0 Å². The van der Waals surface area contributed by atoms with Gasteiger partial charge in [0.1, 0.15) is 5.76 Å². The van der Waals surface area contributed by atoms with Crippen LogP contribution in [0.1, 0.15) is 34.7 Å². The minimum absolute atomic E-state index is 0. The molecule has 1 saturated heterocycles. The van der Waals surface area contributed by atoms with Gasteiger partial charge in [-0.3, -0.25) is 9.59 Å². The molecule has 7 heteroatoms. The minimum atomic E-state index is -0.161. The molecule has 0 bridgehead atoms. The normalized spacial score (nSPS) is 17.8. The lowest BCUT2D eigenvalue weighted by molar-refractivity contribution is -0.126. The number of halogens is 1. The van der Waals surface area contributed by atoms with Gasteiger partial charge in [0.2, 0.25) is 5.91 Å². The molecule has 1 unspecified atom stereocenters. The molecular formula is C15H24ClN3O3. The molecule has 0 saturated carbocycles. The second kappa shape index (κ2) is 8.19. The maximum Gasteiger partial charge on any atom is 0.289 e. The van der Waals surface area contributed by atoms with Gasteiger partial charge in [0, 0.05) is 31.7 Å². The number of rotatable bonds is 4. The monoisotopic (exact) mass is 329 g/mol. The summed E-state index contributed by atoms with van der Waals surface area (Å²) in [7, 11) is 0. The predicted octanol–water partition coefficient (Wildman–Crippen LogP) is 1.25. The lowest BCUT2D eigenvalue weighted by atomic mass is 9.96. The van der Waals surface area contributed by atoms with Crippen LogP contribution in [0.2, 0.25) is 0 Å². The first-order valence-electron chi connectivity index (χ1n) is 7.37. The van der Waals surface area contributed by atoms with E-state index >= 15 is 0 Å². The Hall–Kier alpha value is -1.53. The molecule has 0 spiro atoms. The summed E-state index contributed by atoms with van der Waals surface area (Å²) in [6.45, 7) is 5.68. The first-order chi connectivity index (χ1) is 10.0. The van der Waals surface area contributed by atoms with Gasteiger partial charge in [-0.2, -0.15) is 0 Å². The third-order valence-electron chi connectivity index (χ3n) is 3.76. The fraction of sp³-hybridized carbons (Fsp3) is 0.600. The SMILES string of the molecule is Cc1cc(C)c(C(=O)N2CCCC(C(=O)NCCN)C2)o1.Cl. The molecule has 1 aromatic heterocycles. The van der Waals surface area contributed by atoms with Crippen LogP contribution in [0.15, 0.2) is 10.5 Å². The van der Waals surface area contributed by atoms with Crippen molar-refractivity contribution in [3.63, 3.8) is 0 Å². The number of carbonyl (C=O) groups is 2. The molecule has 1 aromatic rings. The molecule has 1 aliphatic rings. The maximum absolute atomic E-state index is 12.5. The zero-order chi connectivity index (χ0) is 15.4. The second-order valence-corrected chi connectivity index (χ2v) is 5.54. The Kier molecular flexibility index (Phi) is 6.90. The molecule has 6 nitrogen and oxygen atoms in total. The Morgan fingerprint density at radius 1 is 1.45 bits per heavy atom. The zero-order valence-corrected chi connectivity index (χ0v) is 13.9. The van der Waals surface area contributed by atoms with Crippen LogP contribution >= 0.6 is 12.4 Å². The van der Waals surface area contributed by atoms with E-state index in [2.05, 4.69) is 5.32 Å². The van der Waals surface area contributed by atoms with E-state index < -0.39 is 0 Å². The van der Waals surface area contributed by atoms with E-state index in [0.29, 0.717) is 31.9 Å². The van der Waals surface area contributed by atoms with Crippen LogP contribution in [-0.2, 0) is 4.79 Å². The molecule has 22 heavy (non-hydrogen) atoms. The summed E-state index contributed by atoms with van der Waals surface area (Å²) in [6, 6.07) is 1.85. The topological polar surface area (TPSA) is 88.6 Å². The van der Waals surface area contributed by atoms with E-state index in [1.807, 2.05) is 19.9 Å². The first-order valence-corrected chi connectivity index (χ1v) is 7.37. The lowest BCUT2D eigenvalue weighted by Crippen LogP contribution is -2.46. The van der Waals surface area contributed by atoms with E-state index in [-0.39, 0.29) is 30.1 Å². The summed E-state index contributed by atoms with van der Waals surface area (Å²) in [5.41, 5.74) is 6.23. The number of nitrogens with two attached hydrogens (primary N) is 1. The fourth-order valence-electron chi connectivity index (χ4n) is 2.71. The smallest absolute Gasteiger partial charge is 0.289 e. The van der Waals surface area contributed by atoms with Crippen molar-refractivity contribution in [2.75, 3.05) is 26.2 Å². The molecule has 2 rings (SSSR count). The average Bonchev–Trinajstić information content (AvgIpc) is 2.82. The number of hydrogen-bond donors (Lipinski definition) is 2. The van der Waals surface area contributed by atoms with Gasteiger partial charge < -0.3 is 20.4 Å². The molecule has 1 aliphatic heterocycles. The highest BCUT2D eigenvalue weighted by molar-refractivity contribution is 5.93. The van der Waals surface area contributed by atoms with Gasteiger partial charge in [-0.05, 0) is 32.8 Å². The minimum Gasteiger partial charge on any atom is -0.456 e. The lowest BCUT2D eigenvalue weighted by Gasteiger charge is -2.31. The maximum atomic E-state index is 12.5. The van der Waals surface area contributed by atoms with Crippen molar-refractivity contribution in [2.45, 2.75) is 26.7 Å². The number of aryl methyl sites for hydroxylation is 2. The molecule has 0 aliphatic carbocycles. The zero-order valence-electron chi connectivity index (χ0n) is 13.1. The summed E-state index contributed by atoms with van der Waals surface area (Å²) < 4.78 is 5.48. The highest BCUT2D eigenvalue weighted by Gasteiger charge is 2.30. The Labute approximate surface area is 136 Å². The number of hydrogen-bond acceptors (Lipinski definition) is 4. The molecule has 1 fully saturated rings. The number of amides is 2. The van der Waals surface area contributed by atoms with Crippen LogP contribution in [0.3, 0.4) is 0 Å². The molecule has 1 atom stereocenters. The van der Waals surface area contributed by atoms with Gasteiger partial charge in [0.15, 0.2) is 5.76 Å². The van der Waals surface area contributed by atoms with Gasteiger partial charge in [-0.25, -0.2) is 0 Å². The first kappa shape index (κ1) is 18.5. The molecule has 0 radical (unpaired) electrons. The Bertz CT molecular complexity index is 530. The Morgan fingerprint density at radius 2 is 2.18 bits per heavy atom. The van der Waals surface area contributed by atoms with Gasteiger partial charge >= 0.3 is 0 Å². The largest absolute Gasteiger partial charge is 0.456 e. The Balaban J connectivity index is 0.00000242. The van der Waals surface area contributed by atoms with Crippen molar-refractivity contribution < 1.29 is 14.0 Å². The van der Waals surface area contributed by atoms with E-state index in [1.165, 1.54) is 0 Å². The molecule has 0 aromatic carbocycles. The molecule has 2 amide bonds. The van der Waals surface area contributed by atoms with E-state index in [9.17, 15) is 9.59 Å². The van der Waals surface area contributed by atoms with Gasteiger partial charge in [-0.1, -0.05) is 0 Å². The number of likely N-dealkylation sites (tertiary alicyclic amines) is 1. The number of furan rings is 1. The van der Waals surface area contributed by atoms with Crippen LogP contribution in [0.5, 0.6) is 0 Å². The van der Waals surface area contributed by atoms with Gasteiger partial charge in [0.05, 0.1) is 5.92 Å². The van der Waals surface area contributed by atoms with Gasteiger partial charge in [-0.15, -0.1) is 12.4 Å². The van der Waals surface area contributed by atoms with Crippen molar-refractivity contribution in [3.05, 3.63) is 23.2 Å². The third kappa shape index (κ3) is 4.24. The van der Waals surface area contributed by atoms with Crippen LogP contribution in [0, 0.1) is 19.8 Å². The summed E-state index contributed by atoms with van der Waals surface area (Å²) >= 11 is 0. The van der Waals surface area contributed by atoms with E-state index in [4.69, 9.17) is 10.2 Å². The summed E-state index contributed by atoms with van der Waals surface area (Å²) in [5, 5.41) is 2.79. The predicted molar refractivity (Wildman–Crippen MR) is 86.1 cm³/mol. The van der Waals surface area contributed by atoms with Crippen molar-refractivity contribution in [3.8, 4) is 0 Å².